The van der Waals surface area contributed by atoms with Crippen LogP contribution >= 0.6 is 0 Å². The minimum absolute atomic E-state index is 0.139. The Kier molecular flexibility index (Phi) is 8.57. The first-order valence-electron chi connectivity index (χ1n) is 14.9. The van der Waals surface area contributed by atoms with E-state index < -0.39 is 59.6 Å². The van der Waals surface area contributed by atoms with Crippen molar-refractivity contribution in [3.05, 3.63) is 60.2 Å². The third-order valence-electron chi connectivity index (χ3n) is 9.01. The van der Waals surface area contributed by atoms with Gasteiger partial charge in [-0.1, -0.05) is 61.6 Å². The molecule has 8 atom stereocenters. The SMILES string of the molecule is CC[C@@H](CO)N1C(=O)[C@H]2[C@@H]3C(=O)O[C@@H](c4ccccc4)[C@H](C)NC(=O)CC/C=C\[C@@H]3O[C@]23C=CCN(C(C)C)C(=O)[C@H]13. The maximum absolute atomic E-state index is 14.4. The van der Waals surface area contributed by atoms with Crippen molar-refractivity contribution in [3.63, 3.8) is 0 Å². The van der Waals surface area contributed by atoms with E-state index in [1.165, 1.54) is 4.90 Å². The number of likely N-dealkylation sites (tertiary alicyclic amines) is 1. The maximum atomic E-state index is 14.4. The third-order valence-corrected chi connectivity index (χ3v) is 9.01. The normalized spacial score (nSPS) is 34.9. The number of carbonyl (C=O) groups excluding carboxylic acids is 4. The Morgan fingerprint density at radius 2 is 1.83 bits per heavy atom. The van der Waals surface area contributed by atoms with E-state index >= 15 is 0 Å². The number of ether oxygens (including phenoxy) is 2. The molecule has 0 bridgehead atoms. The molecule has 2 saturated heterocycles. The van der Waals surface area contributed by atoms with Gasteiger partial charge in [0.25, 0.3) is 0 Å². The molecule has 0 radical (unpaired) electrons. The molecule has 0 aliphatic carbocycles. The highest BCUT2D eigenvalue weighted by molar-refractivity contribution is 5.99. The van der Waals surface area contributed by atoms with Crippen LogP contribution in [0.1, 0.15) is 58.6 Å². The van der Waals surface area contributed by atoms with Crippen LogP contribution in [0.3, 0.4) is 0 Å². The molecule has 10 heteroatoms. The predicted octanol–water partition coefficient (Wildman–Crippen LogP) is 2.28. The molecule has 0 saturated carbocycles. The smallest absolute Gasteiger partial charge is 0.313 e. The van der Waals surface area contributed by atoms with Gasteiger partial charge in [-0.05, 0) is 39.2 Å². The molecule has 226 valence electrons. The Hall–Kier alpha value is -3.50. The van der Waals surface area contributed by atoms with Crippen molar-refractivity contribution < 1.29 is 33.8 Å². The lowest BCUT2D eigenvalue weighted by molar-refractivity contribution is -0.162. The van der Waals surface area contributed by atoms with Gasteiger partial charge < -0.3 is 29.7 Å². The number of aliphatic hydroxyl groups is 1. The van der Waals surface area contributed by atoms with Crippen LogP contribution in [-0.2, 0) is 28.7 Å². The van der Waals surface area contributed by atoms with Gasteiger partial charge in [0.1, 0.15) is 23.7 Å². The quantitative estimate of drug-likeness (QED) is 0.405. The zero-order valence-electron chi connectivity index (χ0n) is 24.6. The molecule has 1 aromatic carbocycles. The highest BCUT2D eigenvalue weighted by Gasteiger charge is 2.72. The lowest BCUT2D eigenvalue weighted by Gasteiger charge is -2.39. The number of hydrogen-bond donors (Lipinski definition) is 2. The molecule has 42 heavy (non-hydrogen) atoms. The van der Waals surface area contributed by atoms with Crippen molar-refractivity contribution in [1.82, 2.24) is 15.1 Å². The summed E-state index contributed by atoms with van der Waals surface area (Å²) in [6.45, 7) is 7.46. The molecular formula is C32H41N3O7. The molecule has 2 N–H and O–H groups in total. The van der Waals surface area contributed by atoms with Crippen molar-refractivity contribution in [2.75, 3.05) is 13.2 Å². The van der Waals surface area contributed by atoms with Crippen molar-refractivity contribution in [3.8, 4) is 0 Å². The zero-order chi connectivity index (χ0) is 30.2. The second-order valence-corrected chi connectivity index (χ2v) is 11.9. The van der Waals surface area contributed by atoms with Crippen LogP contribution in [0.2, 0.25) is 0 Å². The van der Waals surface area contributed by atoms with E-state index in [1.807, 2.05) is 57.2 Å². The molecule has 2 fully saturated rings. The Morgan fingerprint density at radius 1 is 1.10 bits per heavy atom. The summed E-state index contributed by atoms with van der Waals surface area (Å²) in [6.07, 6.45) is 6.51. The molecule has 0 aromatic heterocycles. The maximum Gasteiger partial charge on any atom is 0.313 e. The van der Waals surface area contributed by atoms with Gasteiger partial charge in [0.2, 0.25) is 17.7 Å². The fourth-order valence-electron chi connectivity index (χ4n) is 6.93. The number of cyclic esters (lactones) is 1. The number of esters is 1. The van der Waals surface area contributed by atoms with Crippen molar-refractivity contribution in [1.29, 1.82) is 0 Å². The van der Waals surface area contributed by atoms with E-state index in [4.69, 9.17) is 9.47 Å². The molecule has 4 aliphatic rings. The molecule has 3 amide bonds. The van der Waals surface area contributed by atoms with Crippen LogP contribution in [0.4, 0.5) is 0 Å². The number of rotatable bonds is 5. The number of hydrogen-bond acceptors (Lipinski definition) is 7. The fourth-order valence-corrected chi connectivity index (χ4v) is 6.93. The average Bonchev–Trinajstić information content (AvgIpc) is 3.35. The van der Waals surface area contributed by atoms with Crippen LogP contribution in [0, 0.1) is 11.8 Å². The van der Waals surface area contributed by atoms with Crippen LogP contribution in [0.25, 0.3) is 0 Å². The van der Waals surface area contributed by atoms with Crippen LogP contribution in [-0.4, -0.2) is 87.6 Å². The van der Waals surface area contributed by atoms with Gasteiger partial charge in [-0.25, -0.2) is 0 Å². The largest absolute Gasteiger partial charge is 0.455 e. The number of aliphatic hydroxyl groups excluding tert-OH is 1. The molecule has 10 nitrogen and oxygen atoms in total. The van der Waals surface area contributed by atoms with Gasteiger partial charge in [-0.3, -0.25) is 19.2 Å². The number of fused-ring (bicyclic) bond motifs is 2. The Morgan fingerprint density at radius 3 is 2.50 bits per heavy atom. The molecule has 4 aliphatic heterocycles. The predicted molar refractivity (Wildman–Crippen MR) is 154 cm³/mol. The highest BCUT2D eigenvalue weighted by atomic mass is 16.6. The summed E-state index contributed by atoms with van der Waals surface area (Å²) in [4.78, 5) is 58.7. The second kappa shape index (κ2) is 12.0. The summed E-state index contributed by atoms with van der Waals surface area (Å²) in [5.41, 5.74) is -0.724. The fraction of sp³-hybridized carbons (Fsp3) is 0.562. The molecule has 4 heterocycles. The minimum Gasteiger partial charge on any atom is -0.455 e. The first-order valence-corrected chi connectivity index (χ1v) is 14.9. The third kappa shape index (κ3) is 5.04. The van der Waals surface area contributed by atoms with Gasteiger partial charge in [0.05, 0.1) is 30.7 Å². The first kappa shape index (κ1) is 30.0. The summed E-state index contributed by atoms with van der Waals surface area (Å²) in [6, 6.07) is 6.82. The van der Waals surface area contributed by atoms with Gasteiger partial charge >= 0.3 is 5.97 Å². The van der Waals surface area contributed by atoms with Crippen molar-refractivity contribution >= 4 is 23.7 Å². The van der Waals surface area contributed by atoms with E-state index in [2.05, 4.69) is 5.32 Å². The zero-order valence-corrected chi connectivity index (χ0v) is 24.6. The topological polar surface area (TPSA) is 125 Å². The Labute approximate surface area is 246 Å². The van der Waals surface area contributed by atoms with Crippen molar-refractivity contribution in [2.24, 2.45) is 11.8 Å². The van der Waals surface area contributed by atoms with Crippen molar-refractivity contribution in [2.45, 2.75) is 88.9 Å². The summed E-state index contributed by atoms with van der Waals surface area (Å²) in [5.74, 6) is -3.59. The number of allylic oxidation sites excluding steroid dienone is 1. The number of carbonyl (C=O) groups is 4. The summed E-state index contributed by atoms with van der Waals surface area (Å²) >= 11 is 0. The molecule has 0 unspecified atom stereocenters. The monoisotopic (exact) mass is 579 g/mol. The number of benzene rings is 1. The lowest BCUT2D eigenvalue weighted by atomic mass is 9.77. The van der Waals surface area contributed by atoms with Gasteiger partial charge in [-0.2, -0.15) is 0 Å². The highest BCUT2D eigenvalue weighted by Crippen LogP contribution is 2.54. The molecule has 5 rings (SSSR count). The van der Waals surface area contributed by atoms with Crippen LogP contribution in [0.15, 0.2) is 54.6 Å². The van der Waals surface area contributed by atoms with Gasteiger partial charge in [0, 0.05) is 19.0 Å². The second-order valence-electron chi connectivity index (χ2n) is 11.9. The van der Waals surface area contributed by atoms with Gasteiger partial charge in [0.15, 0.2) is 0 Å². The molecule has 1 aromatic rings. The molecular weight excluding hydrogens is 538 g/mol. The summed E-state index contributed by atoms with van der Waals surface area (Å²) in [7, 11) is 0. The number of nitrogens with one attached hydrogen (secondary N) is 1. The van der Waals surface area contributed by atoms with Crippen LogP contribution < -0.4 is 5.32 Å². The van der Waals surface area contributed by atoms with E-state index in [-0.39, 0.29) is 30.9 Å². The summed E-state index contributed by atoms with van der Waals surface area (Å²) < 4.78 is 12.9. The Balaban J connectivity index is 1.63. The minimum atomic E-state index is -1.43. The van der Waals surface area contributed by atoms with Crippen LogP contribution in [0.5, 0.6) is 0 Å². The number of amides is 3. The van der Waals surface area contributed by atoms with E-state index in [0.717, 1.165) is 0 Å². The van der Waals surface area contributed by atoms with E-state index in [1.54, 1.807) is 30.1 Å². The Bertz CT molecular complexity index is 1260. The lowest BCUT2D eigenvalue weighted by Crippen LogP contribution is -2.58. The summed E-state index contributed by atoms with van der Waals surface area (Å²) in [5, 5.41) is 13.2. The average molecular weight is 580 g/mol. The number of nitrogens with zero attached hydrogens (tertiary/aromatic N) is 2. The first-order chi connectivity index (χ1) is 20.1. The van der Waals surface area contributed by atoms with Gasteiger partial charge in [-0.15, -0.1) is 0 Å². The molecule has 1 spiro atoms. The van der Waals surface area contributed by atoms with E-state index in [9.17, 15) is 24.3 Å². The van der Waals surface area contributed by atoms with E-state index in [0.29, 0.717) is 24.9 Å². The standard InChI is InChI=1S/C32H41N3O7/c1-5-22(18-36)35-28-30(39)34(19(2)3)17-11-16-32(28)26(29(35)38)25-23(42-32)14-9-10-15-24(37)33-20(4)27(41-31(25)40)21-12-7-6-8-13-21/h6-9,11-14,16,19-20,22-23,25-28,36H,5,10,15,17-18H2,1-4H3,(H,33,37)/b14-9-/t20-,22-,23-,25+,26+,27+,28-,32+/m0/s1.